The standard InChI is InChI=1S/C58H38N4.C56H42N4/c1-4-14-39(15-5-1)40-24-26-41(27-25-40)52-38-53(60-58(59-52)43-16-6-2-7-17-43)42-28-32-47(33-29-42)62-54-22-12-10-20-48(54)50-34-30-45(37-57(50)62)44-31-35-56-51(36-44)49-21-11-13-23-55(49)61(56)46-18-8-3-9-19-46;1-3-37(2)38-22-28-44(29-23-38)59-52-20-12-10-18-46(52)48-34-42(26-32-54(48)59)43-27-33-55-49(35-43)47-19-11-13-21-53(47)60(55)45-30-24-40(25-31-45)51-36-50(39-14-6-4-7-15-39)57-56(58-51)41-16-8-5-9-17-41/h1-38H;4-37H,3H2,1-2H3. The Bertz CT molecular complexity index is 7810. The zero-order valence-corrected chi connectivity index (χ0v) is 67.4. The van der Waals surface area contributed by atoms with Gasteiger partial charge in [0.1, 0.15) is 0 Å². The van der Waals surface area contributed by atoms with E-state index >= 15 is 0 Å². The van der Waals surface area contributed by atoms with Crippen LogP contribution in [0.4, 0.5) is 0 Å². The zero-order chi connectivity index (χ0) is 81.1. The van der Waals surface area contributed by atoms with Gasteiger partial charge in [-0.05, 0) is 179 Å². The van der Waals surface area contributed by atoms with Crippen LogP contribution >= 0.6 is 0 Å². The van der Waals surface area contributed by atoms with E-state index in [0.29, 0.717) is 17.6 Å². The van der Waals surface area contributed by atoms with Crippen molar-refractivity contribution >= 4 is 87.2 Å². The van der Waals surface area contributed by atoms with E-state index in [1.807, 2.05) is 48.5 Å². The fourth-order valence-corrected chi connectivity index (χ4v) is 18.0. The molecule has 0 aliphatic rings. The lowest BCUT2D eigenvalue weighted by molar-refractivity contribution is 0.733. The third-order valence-electron chi connectivity index (χ3n) is 24.4. The lowest BCUT2D eigenvalue weighted by Crippen LogP contribution is -1.97. The predicted octanol–water partition coefficient (Wildman–Crippen LogP) is 29.9. The van der Waals surface area contributed by atoms with Crippen molar-refractivity contribution in [1.29, 1.82) is 0 Å². The van der Waals surface area contributed by atoms with Crippen molar-refractivity contribution in [3.63, 3.8) is 0 Å². The van der Waals surface area contributed by atoms with Gasteiger partial charge in [0.2, 0.25) is 0 Å². The molecule has 6 heterocycles. The second-order valence-corrected chi connectivity index (χ2v) is 31.6. The number of hydrogen-bond acceptors (Lipinski definition) is 4. The zero-order valence-electron chi connectivity index (χ0n) is 67.4. The van der Waals surface area contributed by atoms with Crippen LogP contribution < -0.4 is 0 Å². The highest BCUT2D eigenvalue weighted by molar-refractivity contribution is 6.15. The summed E-state index contributed by atoms with van der Waals surface area (Å²) in [7, 11) is 0. The topological polar surface area (TPSA) is 71.3 Å². The Morgan fingerprint density at radius 2 is 0.434 bits per heavy atom. The molecule has 0 spiro atoms. The summed E-state index contributed by atoms with van der Waals surface area (Å²) in [5.74, 6) is 1.96. The molecule has 0 radical (unpaired) electrons. The molecule has 6 aromatic heterocycles. The van der Waals surface area contributed by atoms with E-state index < -0.39 is 0 Å². The van der Waals surface area contributed by atoms with Crippen LogP contribution in [0.25, 0.3) is 211 Å². The molecule has 0 aliphatic carbocycles. The molecule has 1 atom stereocenters. The summed E-state index contributed by atoms with van der Waals surface area (Å²) in [5, 5.41) is 9.91. The van der Waals surface area contributed by atoms with Crippen LogP contribution in [0, 0.1) is 0 Å². The van der Waals surface area contributed by atoms with Crippen LogP contribution in [0.3, 0.4) is 0 Å². The van der Waals surface area contributed by atoms with Gasteiger partial charge < -0.3 is 18.3 Å². The Labute approximate surface area is 707 Å². The van der Waals surface area contributed by atoms with Crippen LogP contribution in [0.2, 0.25) is 0 Å². The first-order valence-corrected chi connectivity index (χ1v) is 42.0. The fourth-order valence-electron chi connectivity index (χ4n) is 18.0. The smallest absolute Gasteiger partial charge is 0.160 e. The van der Waals surface area contributed by atoms with Crippen molar-refractivity contribution in [2.45, 2.75) is 26.2 Å². The summed E-state index contributed by atoms with van der Waals surface area (Å²) in [6.07, 6.45) is 1.13. The van der Waals surface area contributed by atoms with Gasteiger partial charge in [-0.15, -0.1) is 0 Å². The monoisotopic (exact) mass is 1560 g/mol. The maximum atomic E-state index is 5.14. The first-order chi connectivity index (χ1) is 60.3. The van der Waals surface area contributed by atoms with Crippen molar-refractivity contribution in [3.05, 3.63) is 436 Å². The second kappa shape index (κ2) is 30.9. The third kappa shape index (κ3) is 13.1. The Morgan fingerprint density at radius 1 is 0.189 bits per heavy atom. The lowest BCUT2D eigenvalue weighted by atomic mass is 9.98. The Kier molecular flexibility index (Phi) is 18.4. The number of benzene rings is 17. The molecule has 0 aliphatic heterocycles. The molecule has 0 amide bonds. The average molecular weight is 1560 g/mol. The van der Waals surface area contributed by atoms with E-state index in [0.717, 1.165) is 85.2 Å². The highest BCUT2D eigenvalue weighted by Crippen LogP contribution is 2.43. The third-order valence-corrected chi connectivity index (χ3v) is 24.4. The van der Waals surface area contributed by atoms with Crippen molar-refractivity contribution < 1.29 is 0 Å². The van der Waals surface area contributed by atoms with Gasteiger partial charge in [-0.2, -0.15) is 0 Å². The van der Waals surface area contributed by atoms with Crippen LogP contribution in [0.1, 0.15) is 31.7 Å². The van der Waals surface area contributed by atoms with Gasteiger partial charge in [0.15, 0.2) is 11.6 Å². The molecule has 17 aromatic carbocycles. The van der Waals surface area contributed by atoms with Crippen molar-refractivity contribution in [3.8, 4) is 124 Å². The first-order valence-electron chi connectivity index (χ1n) is 42.0. The first kappa shape index (κ1) is 72.5. The number of para-hydroxylation sites is 5. The molecule has 23 rings (SSSR count). The van der Waals surface area contributed by atoms with Gasteiger partial charge in [-0.3, -0.25) is 0 Å². The number of aromatic nitrogens is 8. The molecule has 0 bridgehead atoms. The van der Waals surface area contributed by atoms with Crippen LogP contribution in [0.15, 0.2) is 431 Å². The van der Waals surface area contributed by atoms with Crippen LogP contribution in [-0.4, -0.2) is 38.2 Å². The van der Waals surface area contributed by atoms with Crippen LogP contribution in [0.5, 0.6) is 0 Å². The summed E-state index contributed by atoms with van der Waals surface area (Å²) in [6.45, 7) is 4.55. The summed E-state index contributed by atoms with van der Waals surface area (Å²) in [4.78, 5) is 20.3. The van der Waals surface area contributed by atoms with Gasteiger partial charge in [-0.1, -0.05) is 317 Å². The number of fused-ring (bicyclic) bond motifs is 12. The van der Waals surface area contributed by atoms with Crippen molar-refractivity contribution in [1.82, 2.24) is 38.2 Å². The molecular weight excluding hydrogens is 1480 g/mol. The Hall–Kier alpha value is -15.9. The fraction of sp³-hybridized carbons (Fsp3) is 0.0351. The number of rotatable bonds is 15. The molecule has 122 heavy (non-hydrogen) atoms. The molecule has 0 saturated heterocycles. The minimum atomic E-state index is 0.546. The molecule has 0 fully saturated rings. The number of hydrogen-bond donors (Lipinski definition) is 0. The van der Waals surface area contributed by atoms with E-state index in [2.05, 4.69) is 414 Å². The summed E-state index contributed by atoms with van der Waals surface area (Å²) >= 11 is 0. The molecule has 576 valence electrons. The average Bonchev–Trinajstić information content (AvgIpc) is 1.59. The normalized spacial score (nSPS) is 11.9. The van der Waals surface area contributed by atoms with E-state index in [4.69, 9.17) is 19.9 Å². The summed E-state index contributed by atoms with van der Waals surface area (Å²) in [6, 6.07) is 154. The minimum Gasteiger partial charge on any atom is -0.309 e. The SMILES string of the molecule is CCC(C)c1ccc(-n2c3ccccc3c3cc(-c4ccc5c(c4)c4ccccc4n5-c4ccc(-c5cc(-c6ccccc6)nc(-c6ccccc6)n5)cc4)ccc32)cc1.c1ccc(-c2ccc(-c3cc(-c4ccc(-n5c6ccccc6c6ccc(-c7ccc8c(c7)c7ccccc7n8-c7ccccc7)cc65)cc4)nc(-c4ccccc4)n3)cc2)cc1. The maximum Gasteiger partial charge on any atom is 0.160 e. The minimum absolute atomic E-state index is 0.546. The van der Waals surface area contributed by atoms with Crippen molar-refractivity contribution in [2.24, 2.45) is 0 Å². The Morgan fingerprint density at radius 3 is 0.820 bits per heavy atom. The molecule has 0 saturated carbocycles. The molecule has 8 heteroatoms. The van der Waals surface area contributed by atoms with E-state index in [1.54, 1.807) is 0 Å². The second-order valence-electron chi connectivity index (χ2n) is 31.6. The highest BCUT2D eigenvalue weighted by atomic mass is 15.0. The molecule has 1 unspecified atom stereocenters. The lowest BCUT2D eigenvalue weighted by Gasteiger charge is -2.12. The van der Waals surface area contributed by atoms with Crippen molar-refractivity contribution in [2.75, 3.05) is 0 Å². The summed E-state index contributed by atoms with van der Waals surface area (Å²) in [5.41, 5.74) is 32.3. The predicted molar refractivity (Wildman–Crippen MR) is 509 cm³/mol. The van der Waals surface area contributed by atoms with E-state index in [-0.39, 0.29) is 0 Å². The maximum absolute atomic E-state index is 5.14. The molecule has 23 aromatic rings. The molecule has 0 N–H and O–H groups in total. The molecule has 8 nitrogen and oxygen atoms in total. The van der Waals surface area contributed by atoms with E-state index in [9.17, 15) is 0 Å². The largest absolute Gasteiger partial charge is 0.309 e. The van der Waals surface area contributed by atoms with Gasteiger partial charge in [0.05, 0.1) is 66.9 Å². The van der Waals surface area contributed by atoms with Gasteiger partial charge in [-0.25, -0.2) is 19.9 Å². The van der Waals surface area contributed by atoms with Gasteiger partial charge >= 0.3 is 0 Å². The van der Waals surface area contributed by atoms with Crippen LogP contribution in [-0.2, 0) is 0 Å². The number of nitrogens with zero attached hydrogens (tertiary/aromatic N) is 8. The van der Waals surface area contributed by atoms with Gasteiger partial charge in [0, 0.05) is 99.2 Å². The van der Waals surface area contributed by atoms with E-state index in [1.165, 1.54) is 126 Å². The Balaban J connectivity index is 0.000000146. The quantitative estimate of drug-likeness (QED) is 0.103. The molecular formula is C114H80N8. The summed E-state index contributed by atoms with van der Waals surface area (Å²) < 4.78 is 9.55. The highest BCUT2D eigenvalue weighted by Gasteiger charge is 2.22. The van der Waals surface area contributed by atoms with Gasteiger partial charge in [0.25, 0.3) is 0 Å².